The molecule has 110 valence electrons. The van der Waals surface area contributed by atoms with E-state index in [0.717, 1.165) is 0 Å². The summed E-state index contributed by atoms with van der Waals surface area (Å²) >= 11 is 5.93. The lowest BCUT2D eigenvalue weighted by molar-refractivity contribution is -0.144. The van der Waals surface area contributed by atoms with Gasteiger partial charge in [0, 0.05) is 10.7 Å². The standard InChI is InChI=1S/C16H15ClFNO2/c1-2-21-16(20)15(11-6-8-13(18)9-7-11)19-14-5-3-4-12(17)10-14/h3-10,15,19H,2H2,1H3. The fraction of sp³-hybridized carbons (Fsp3) is 0.188. The quantitative estimate of drug-likeness (QED) is 0.842. The van der Waals surface area contributed by atoms with Crippen LogP contribution in [0, 0.1) is 5.82 Å². The van der Waals surface area contributed by atoms with Crippen molar-refractivity contribution in [2.45, 2.75) is 13.0 Å². The third-order valence-corrected chi connectivity index (χ3v) is 3.10. The minimum atomic E-state index is -0.719. The first kappa shape index (κ1) is 15.3. The van der Waals surface area contributed by atoms with Gasteiger partial charge in [-0.2, -0.15) is 0 Å². The van der Waals surface area contributed by atoms with Crippen LogP contribution in [-0.2, 0) is 9.53 Å². The van der Waals surface area contributed by atoms with Gasteiger partial charge in [0.1, 0.15) is 5.82 Å². The van der Waals surface area contributed by atoms with Gasteiger partial charge in [-0.15, -0.1) is 0 Å². The fourth-order valence-electron chi connectivity index (χ4n) is 1.90. The highest BCUT2D eigenvalue weighted by Crippen LogP contribution is 2.23. The first-order valence-corrected chi connectivity index (χ1v) is 6.92. The summed E-state index contributed by atoms with van der Waals surface area (Å²) in [6, 6.07) is 12.0. The van der Waals surface area contributed by atoms with Crippen LogP contribution in [0.2, 0.25) is 5.02 Å². The first-order chi connectivity index (χ1) is 10.1. The number of anilines is 1. The molecule has 0 aliphatic carbocycles. The lowest BCUT2D eigenvalue weighted by Crippen LogP contribution is -2.23. The molecule has 1 unspecified atom stereocenters. The molecule has 0 heterocycles. The van der Waals surface area contributed by atoms with Crippen molar-refractivity contribution in [1.29, 1.82) is 0 Å². The summed E-state index contributed by atoms with van der Waals surface area (Å²) in [4.78, 5) is 12.1. The molecule has 0 bridgehead atoms. The van der Waals surface area contributed by atoms with E-state index in [1.54, 1.807) is 43.3 Å². The molecule has 0 radical (unpaired) electrons. The van der Waals surface area contributed by atoms with Gasteiger partial charge in [0.25, 0.3) is 0 Å². The topological polar surface area (TPSA) is 38.3 Å². The Balaban J connectivity index is 2.27. The van der Waals surface area contributed by atoms with Gasteiger partial charge in [-0.05, 0) is 42.8 Å². The maximum Gasteiger partial charge on any atom is 0.333 e. The Labute approximate surface area is 127 Å². The van der Waals surface area contributed by atoms with Crippen LogP contribution >= 0.6 is 11.6 Å². The number of ether oxygens (including phenoxy) is 1. The molecule has 0 saturated heterocycles. The molecule has 2 aromatic carbocycles. The van der Waals surface area contributed by atoms with Crippen LogP contribution in [0.15, 0.2) is 48.5 Å². The van der Waals surface area contributed by atoms with E-state index >= 15 is 0 Å². The molecule has 5 heteroatoms. The number of nitrogens with one attached hydrogen (secondary N) is 1. The Kier molecular flexibility index (Phi) is 5.17. The maximum atomic E-state index is 13.0. The summed E-state index contributed by atoms with van der Waals surface area (Å²) in [7, 11) is 0. The van der Waals surface area contributed by atoms with Crippen molar-refractivity contribution < 1.29 is 13.9 Å². The maximum absolute atomic E-state index is 13.0. The molecule has 0 spiro atoms. The predicted molar refractivity (Wildman–Crippen MR) is 80.8 cm³/mol. The second-order valence-corrected chi connectivity index (χ2v) is 4.83. The summed E-state index contributed by atoms with van der Waals surface area (Å²) in [5.41, 5.74) is 1.31. The average Bonchev–Trinajstić information content (AvgIpc) is 2.46. The lowest BCUT2D eigenvalue weighted by Gasteiger charge is -2.19. The molecule has 3 nitrogen and oxygen atoms in total. The molecule has 21 heavy (non-hydrogen) atoms. The normalized spacial score (nSPS) is 11.8. The fourth-order valence-corrected chi connectivity index (χ4v) is 2.09. The molecule has 0 aliphatic heterocycles. The van der Waals surface area contributed by atoms with E-state index in [4.69, 9.17) is 16.3 Å². The number of hydrogen-bond acceptors (Lipinski definition) is 3. The van der Waals surface area contributed by atoms with Crippen LogP contribution in [0.5, 0.6) is 0 Å². The van der Waals surface area contributed by atoms with Crippen LogP contribution in [0.4, 0.5) is 10.1 Å². The van der Waals surface area contributed by atoms with Gasteiger partial charge in [0.2, 0.25) is 0 Å². The van der Waals surface area contributed by atoms with E-state index in [1.165, 1.54) is 12.1 Å². The van der Waals surface area contributed by atoms with Crippen LogP contribution in [0.25, 0.3) is 0 Å². The second-order valence-electron chi connectivity index (χ2n) is 4.39. The zero-order valence-corrected chi connectivity index (χ0v) is 12.2. The molecule has 0 amide bonds. The summed E-state index contributed by atoms with van der Waals surface area (Å²) in [6.45, 7) is 2.01. The molecule has 0 aromatic heterocycles. The van der Waals surface area contributed by atoms with Crippen molar-refractivity contribution in [2.75, 3.05) is 11.9 Å². The number of carbonyl (C=O) groups is 1. The van der Waals surface area contributed by atoms with E-state index in [1.807, 2.05) is 0 Å². The Morgan fingerprint density at radius 2 is 2.00 bits per heavy atom. The number of halogens is 2. The predicted octanol–water partition coefficient (Wildman–Crippen LogP) is 4.20. The van der Waals surface area contributed by atoms with Crippen molar-refractivity contribution in [1.82, 2.24) is 0 Å². The van der Waals surface area contributed by atoms with Crippen LogP contribution < -0.4 is 5.32 Å². The van der Waals surface area contributed by atoms with Gasteiger partial charge in [-0.25, -0.2) is 9.18 Å². The molecular formula is C16H15ClFNO2. The average molecular weight is 308 g/mol. The Hall–Kier alpha value is -2.07. The number of benzene rings is 2. The molecule has 0 aliphatic rings. The molecule has 1 N–H and O–H groups in total. The molecule has 1 atom stereocenters. The number of esters is 1. The summed E-state index contributed by atoms with van der Waals surface area (Å²) in [6.07, 6.45) is 0. The van der Waals surface area contributed by atoms with Gasteiger partial charge in [0.15, 0.2) is 6.04 Å². The van der Waals surface area contributed by atoms with E-state index in [2.05, 4.69) is 5.32 Å². The largest absolute Gasteiger partial charge is 0.464 e. The zero-order valence-electron chi connectivity index (χ0n) is 11.5. The van der Waals surface area contributed by atoms with E-state index in [-0.39, 0.29) is 12.4 Å². The third-order valence-electron chi connectivity index (χ3n) is 2.86. The van der Waals surface area contributed by atoms with Gasteiger partial charge in [0.05, 0.1) is 6.61 Å². The monoisotopic (exact) mass is 307 g/mol. The molecule has 0 saturated carbocycles. The van der Waals surface area contributed by atoms with E-state index in [9.17, 15) is 9.18 Å². The zero-order chi connectivity index (χ0) is 15.2. The van der Waals surface area contributed by atoms with E-state index in [0.29, 0.717) is 16.3 Å². The number of rotatable bonds is 5. The highest BCUT2D eigenvalue weighted by Gasteiger charge is 2.22. The highest BCUT2D eigenvalue weighted by molar-refractivity contribution is 6.30. The Morgan fingerprint density at radius 1 is 1.29 bits per heavy atom. The van der Waals surface area contributed by atoms with Crippen molar-refractivity contribution in [3.05, 3.63) is 64.9 Å². The third kappa shape index (κ3) is 4.20. The van der Waals surface area contributed by atoms with Crippen LogP contribution in [0.3, 0.4) is 0 Å². The summed E-state index contributed by atoms with van der Waals surface area (Å²) in [5.74, 6) is -0.784. The summed E-state index contributed by atoms with van der Waals surface area (Å²) < 4.78 is 18.1. The van der Waals surface area contributed by atoms with Gasteiger partial charge < -0.3 is 10.1 Å². The van der Waals surface area contributed by atoms with Crippen molar-refractivity contribution in [2.24, 2.45) is 0 Å². The lowest BCUT2D eigenvalue weighted by atomic mass is 10.1. The summed E-state index contributed by atoms with van der Waals surface area (Å²) in [5, 5.41) is 3.62. The second kappa shape index (κ2) is 7.09. The molecule has 2 aromatic rings. The number of hydrogen-bond donors (Lipinski definition) is 1. The van der Waals surface area contributed by atoms with Crippen LogP contribution in [-0.4, -0.2) is 12.6 Å². The highest BCUT2D eigenvalue weighted by atomic mass is 35.5. The molecule has 0 fully saturated rings. The van der Waals surface area contributed by atoms with Crippen molar-refractivity contribution >= 4 is 23.3 Å². The van der Waals surface area contributed by atoms with Crippen molar-refractivity contribution in [3.63, 3.8) is 0 Å². The Morgan fingerprint density at radius 3 is 2.62 bits per heavy atom. The van der Waals surface area contributed by atoms with Gasteiger partial charge in [-0.3, -0.25) is 0 Å². The first-order valence-electron chi connectivity index (χ1n) is 6.54. The van der Waals surface area contributed by atoms with E-state index < -0.39 is 12.0 Å². The smallest absolute Gasteiger partial charge is 0.333 e. The van der Waals surface area contributed by atoms with Crippen LogP contribution in [0.1, 0.15) is 18.5 Å². The van der Waals surface area contributed by atoms with Gasteiger partial charge in [-0.1, -0.05) is 29.8 Å². The SMILES string of the molecule is CCOC(=O)C(Nc1cccc(Cl)c1)c1ccc(F)cc1. The molecular weight excluding hydrogens is 293 g/mol. The minimum Gasteiger partial charge on any atom is -0.464 e. The molecule has 2 rings (SSSR count). The Bertz CT molecular complexity index is 616. The minimum absolute atomic E-state index is 0.272. The number of carbonyl (C=O) groups excluding carboxylic acids is 1. The van der Waals surface area contributed by atoms with Gasteiger partial charge >= 0.3 is 5.97 Å². The van der Waals surface area contributed by atoms with Crippen molar-refractivity contribution in [3.8, 4) is 0 Å².